The Balaban J connectivity index is 0.000000344. The van der Waals surface area contributed by atoms with E-state index in [9.17, 15) is 9.90 Å². The number of aliphatic hydroxyl groups is 1. The van der Waals surface area contributed by atoms with Crippen LogP contribution in [0, 0.1) is 17.9 Å². The third-order valence-corrected chi connectivity index (χ3v) is 6.68. The zero-order valence-corrected chi connectivity index (χ0v) is 27.6. The monoisotopic (exact) mass is 715 g/mol. The van der Waals surface area contributed by atoms with Gasteiger partial charge in [-0.25, -0.2) is 0 Å². The number of hydrogen-bond acceptors (Lipinski definition) is 3. The van der Waals surface area contributed by atoms with Crippen molar-refractivity contribution in [1.29, 1.82) is 0 Å². The van der Waals surface area contributed by atoms with E-state index < -0.39 is 0 Å². The number of allylic oxidation sites excluding steroid dienone is 2. The number of ketones is 1. The Kier molecular flexibility index (Phi) is 12.7. The van der Waals surface area contributed by atoms with Gasteiger partial charge in [0.15, 0.2) is 5.78 Å². The first-order valence-corrected chi connectivity index (χ1v) is 14.2. The van der Waals surface area contributed by atoms with Crippen LogP contribution in [-0.2, 0) is 24.9 Å². The van der Waals surface area contributed by atoms with Crippen LogP contribution in [0.5, 0.6) is 0 Å². The molecular formula is C36H44IrNO2-. The molecule has 0 bridgehead atoms. The molecule has 3 nitrogen and oxygen atoms in total. The molecule has 1 radical (unpaired) electrons. The molecule has 0 atom stereocenters. The molecule has 0 aliphatic carbocycles. The Morgan fingerprint density at radius 1 is 0.825 bits per heavy atom. The molecule has 40 heavy (non-hydrogen) atoms. The van der Waals surface area contributed by atoms with Crippen molar-refractivity contribution in [3.63, 3.8) is 0 Å². The minimum absolute atomic E-state index is 0. The molecule has 215 valence electrons. The molecule has 1 N–H and O–H groups in total. The van der Waals surface area contributed by atoms with Crippen molar-refractivity contribution in [3.05, 3.63) is 89.8 Å². The number of aromatic nitrogens is 1. The number of nitrogens with zero attached hydrogens (tertiary/aromatic N) is 1. The van der Waals surface area contributed by atoms with Crippen molar-refractivity contribution in [2.75, 3.05) is 0 Å². The zero-order valence-electron chi connectivity index (χ0n) is 25.2. The second-order valence-electron chi connectivity index (χ2n) is 11.9. The van der Waals surface area contributed by atoms with Gasteiger partial charge in [0.05, 0.1) is 5.76 Å². The van der Waals surface area contributed by atoms with Crippen molar-refractivity contribution in [2.24, 2.45) is 11.8 Å². The number of pyridine rings is 1. The molecule has 4 aromatic rings. The van der Waals surface area contributed by atoms with Gasteiger partial charge in [0.1, 0.15) is 0 Å². The minimum atomic E-state index is 0. The van der Waals surface area contributed by atoms with Crippen LogP contribution < -0.4 is 0 Å². The van der Waals surface area contributed by atoms with E-state index in [4.69, 9.17) is 4.98 Å². The van der Waals surface area contributed by atoms with Gasteiger partial charge in [0.2, 0.25) is 0 Å². The third-order valence-electron chi connectivity index (χ3n) is 6.68. The van der Waals surface area contributed by atoms with Crippen molar-refractivity contribution in [2.45, 2.75) is 80.1 Å². The molecule has 0 amide bonds. The van der Waals surface area contributed by atoms with Crippen LogP contribution >= 0.6 is 0 Å². The first-order chi connectivity index (χ1) is 18.5. The standard InChI is InChI=1S/C25H24N.C11H20O2.Ir/c1-16(2)19-13-20(17(3)4)15-21(14-19)25-24-10-9-18-7-5-6-8-22(18)23(24)11-12-26-25;1-8(2)5-10(12)7-11(13)6-9(3)4;/h5-14,16-17H,1-4H3;7-9,12H,5-6H2,1-4H3;/q-1;;/b;10-7-;. The van der Waals surface area contributed by atoms with Crippen molar-refractivity contribution < 1.29 is 30.0 Å². The second-order valence-corrected chi connectivity index (χ2v) is 11.9. The number of fused-ring (bicyclic) bond motifs is 3. The van der Waals surface area contributed by atoms with Crippen molar-refractivity contribution in [3.8, 4) is 11.3 Å². The summed E-state index contributed by atoms with van der Waals surface area (Å²) in [4.78, 5) is 16.0. The maximum atomic E-state index is 11.2. The van der Waals surface area contributed by atoms with Crippen LogP contribution in [0.2, 0.25) is 0 Å². The summed E-state index contributed by atoms with van der Waals surface area (Å²) in [7, 11) is 0. The molecular weight excluding hydrogens is 671 g/mol. The number of aliphatic hydroxyl groups excluding tert-OH is 1. The Bertz CT molecular complexity index is 1420. The second kappa shape index (κ2) is 15.3. The third kappa shape index (κ3) is 9.11. The molecule has 0 saturated heterocycles. The van der Waals surface area contributed by atoms with E-state index in [-0.39, 0.29) is 31.6 Å². The maximum Gasteiger partial charge on any atom is 0.159 e. The summed E-state index contributed by atoms with van der Waals surface area (Å²) in [5, 5.41) is 14.3. The van der Waals surface area contributed by atoms with Gasteiger partial charge < -0.3 is 10.1 Å². The van der Waals surface area contributed by atoms with Gasteiger partial charge in [-0.2, -0.15) is 0 Å². The molecule has 0 aliphatic heterocycles. The fourth-order valence-corrected chi connectivity index (χ4v) is 4.66. The predicted octanol–water partition coefficient (Wildman–Crippen LogP) is 10.2. The van der Waals surface area contributed by atoms with E-state index in [1.165, 1.54) is 38.7 Å². The summed E-state index contributed by atoms with van der Waals surface area (Å²) in [6, 6.07) is 23.2. The van der Waals surface area contributed by atoms with Crippen LogP contribution in [0.1, 0.15) is 91.2 Å². The summed E-state index contributed by atoms with van der Waals surface area (Å²) in [6.45, 7) is 16.9. The normalized spacial score (nSPS) is 11.8. The number of carbonyl (C=O) groups is 1. The molecule has 0 aliphatic rings. The van der Waals surface area contributed by atoms with Gasteiger partial charge in [0.25, 0.3) is 0 Å². The van der Waals surface area contributed by atoms with E-state index in [1.807, 2.05) is 33.9 Å². The molecule has 0 saturated carbocycles. The molecule has 0 fully saturated rings. The van der Waals surface area contributed by atoms with Crippen LogP contribution in [0.4, 0.5) is 0 Å². The molecule has 3 aromatic carbocycles. The Hall–Kier alpha value is -2.81. The van der Waals surface area contributed by atoms with Crippen LogP contribution in [0.25, 0.3) is 32.8 Å². The average molecular weight is 715 g/mol. The summed E-state index contributed by atoms with van der Waals surface area (Å²) >= 11 is 0. The molecule has 1 aromatic heterocycles. The number of carbonyl (C=O) groups excluding carboxylic acids is 1. The van der Waals surface area contributed by atoms with Crippen LogP contribution in [-0.4, -0.2) is 15.9 Å². The van der Waals surface area contributed by atoms with E-state index in [0.29, 0.717) is 36.5 Å². The molecule has 0 unspecified atom stereocenters. The van der Waals surface area contributed by atoms with E-state index in [2.05, 4.69) is 88.4 Å². The number of benzene rings is 3. The quantitative estimate of drug-likeness (QED) is 0.0856. The summed E-state index contributed by atoms with van der Waals surface area (Å²) < 4.78 is 0. The molecule has 4 heteroatoms. The van der Waals surface area contributed by atoms with Gasteiger partial charge >= 0.3 is 0 Å². The van der Waals surface area contributed by atoms with Crippen molar-refractivity contribution in [1.82, 2.24) is 4.98 Å². The van der Waals surface area contributed by atoms with E-state index >= 15 is 0 Å². The fraction of sp³-hybridized carbons (Fsp3) is 0.389. The minimum Gasteiger partial charge on any atom is -0.512 e. The molecule has 1 heterocycles. The van der Waals surface area contributed by atoms with Crippen LogP contribution in [0.3, 0.4) is 0 Å². The van der Waals surface area contributed by atoms with Crippen LogP contribution in [0.15, 0.2) is 72.6 Å². The largest absolute Gasteiger partial charge is 0.512 e. The first kappa shape index (κ1) is 33.4. The SMILES string of the molecule is CC(C)CC(=O)/C=C(\O)CC(C)C.CC(C)c1[c-]c(-c2nccc3c2ccc2ccccc23)cc(C(C)C)c1.[Ir]. The number of rotatable bonds is 8. The van der Waals surface area contributed by atoms with Crippen molar-refractivity contribution >= 4 is 27.3 Å². The molecule has 4 rings (SSSR count). The molecule has 0 spiro atoms. The summed E-state index contributed by atoms with van der Waals surface area (Å²) in [6.07, 6.45) is 4.39. The van der Waals surface area contributed by atoms with E-state index in [1.54, 1.807) is 0 Å². The topological polar surface area (TPSA) is 50.2 Å². The average Bonchev–Trinajstić information content (AvgIpc) is 2.87. The maximum absolute atomic E-state index is 11.2. The van der Waals surface area contributed by atoms with Gasteiger partial charge in [-0.15, -0.1) is 34.9 Å². The predicted molar refractivity (Wildman–Crippen MR) is 166 cm³/mol. The Labute approximate surface area is 254 Å². The summed E-state index contributed by atoms with van der Waals surface area (Å²) in [5.41, 5.74) is 4.73. The van der Waals surface area contributed by atoms with E-state index in [0.717, 1.165) is 11.3 Å². The fourth-order valence-electron chi connectivity index (χ4n) is 4.66. The van der Waals surface area contributed by atoms with Gasteiger partial charge in [-0.3, -0.25) is 4.79 Å². The first-order valence-electron chi connectivity index (χ1n) is 14.2. The van der Waals surface area contributed by atoms with Gasteiger partial charge in [0, 0.05) is 45.2 Å². The van der Waals surface area contributed by atoms with Gasteiger partial charge in [-0.05, 0) is 57.0 Å². The zero-order chi connectivity index (χ0) is 28.7. The Morgan fingerprint density at radius 3 is 2.12 bits per heavy atom. The smallest absolute Gasteiger partial charge is 0.159 e. The Morgan fingerprint density at radius 2 is 1.50 bits per heavy atom. The van der Waals surface area contributed by atoms with Gasteiger partial charge in [-0.1, -0.05) is 91.8 Å². The number of hydrogen-bond donors (Lipinski definition) is 1. The summed E-state index contributed by atoms with van der Waals surface area (Å²) in [5.74, 6) is 1.91.